The fourth-order valence-corrected chi connectivity index (χ4v) is 4.01. The second-order valence-electron chi connectivity index (χ2n) is 8.57. The topological polar surface area (TPSA) is 88.2 Å². The predicted octanol–water partition coefficient (Wildman–Crippen LogP) is 3.75. The maximum Gasteiger partial charge on any atom is 0.254 e. The van der Waals surface area contributed by atoms with Gasteiger partial charge in [-0.3, -0.25) is 9.59 Å². The highest BCUT2D eigenvalue weighted by atomic mass is 16.5. The summed E-state index contributed by atoms with van der Waals surface area (Å²) in [5, 5.41) is 0. The SMILES string of the molecule is CCCCOC1CN(C(=O)c2ccc3c(c2)N=C(N)CC(C(=O)N(CCC)CCC)=C3)C1. The van der Waals surface area contributed by atoms with E-state index >= 15 is 0 Å². The first kappa shape index (κ1) is 24.0. The highest BCUT2D eigenvalue weighted by Gasteiger charge is 2.32. The van der Waals surface area contributed by atoms with Crippen LogP contribution in [0.5, 0.6) is 0 Å². The molecule has 0 atom stereocenters. The molecule has 0 aromatic heterocycles. The number of hydrogen-bond acceptors (Lipinski definition) is 5. The van der Waals surface area contributed by atoms with Crippen molar-refractivity contribution in [3.63, 3.8) is 0 Å². The van der Waals surface area contributed by atoms with Gasteiger partial charge in [0.05, 0.1) is 11.8 Å². The standard InChI is InChI=1S/C25H36N4O3/c1-4-7-12-32-21-16-29(17-21)24(30)19-9-8-18-13-20(15-23(26)27-22(18)14-19)25(31)28(10-5-2)11-6-3/h8-9,13-14,21H,4-7,10-12,15-17H2,1-3H3,(H2,26,27). The van der Waals surface area contributed by atoms with Gasteiger partial charge in [0.25, 0.3) is 5.91 Å². The minimum absolute atomic E-state index is 0.00884. The monoisotopic (exact) mass is 440 g/mol. The number of amides is 2. The molecule has 0 saturated carbocycles. The lowest BCUT2D eigenvalue weighted by molar-refractivity contribution is -0.127. The molecule has 3 rings (SSSR count). The Hall–Kier alpha value is -2.67. The zero-order chi connectivity index (χ0) is 23.1. The molecule has 1 aromatic rings. The number of carbonyl (C=O) groups excluding carboxylic acids is 2. The van der Waals surface area contributed by atoms with Crippen LogP contribution in [0.1, 0.15) is 68.8 Å². The Morgan fingerprint density at radius 2 is 1.88 bits per heavy atom. The van der Waals surface area contributed by atoms with Crippen LogP contribution >= 0.6 is 0 Å². The Labute approximate surface area is 191 Å². The van der Waals surface area contributed by atoms with Gasteiger partial charge in [-0.1, -0.05) is 33.3 Å². The first-order chi connectivity index (χ1) is 15.5. The molecule has 32 heavy (non-hydrogen) atoms. The molecule has 7 nitrogen and oxygen atoms in total. The number of amidine groups is 1. The van der Waals surface area contributed by atoms with E-state index in [1.54, 1.807) is 17.0 Å². The van der Waals surface area contributed by atoms with E-state index in [0.717, 1.165) is 50.9 Å². The molecule has 2 heterocycles. The number of nitrogens with zero attached hydrogens (tertiary/aromatic N) is 3. The van der Waals surface area contributed by atoms with Crippen molar-refractivity contribution in [1.82, 2.24) is 9.80 Å². The summed E-state index contributed by atoms with van der Waals surface area (Å²) in [5.74, 6) is 0.363. The van der Waals surface area contributed by atoms with Gasteiger partial charge in [0.15, 0.2) is 0 Å². The average Bonchev–Trinajstić information content (AvgIpc) is 2.91. The van der Waals surface area contributed by atoms with E-state index in [0.29, 0.717) is 42.2 Å². The largest absolute Gasteiger partial charge is 0.387 e. The van der Waals surface area contributed by atoms with Crippen molar-refractivity contribution in [2.75, 3.05) is 32.8 Å². The van der Waals surface area contributed by atoms with Crippen molar-refractivity contribution in [1.29, 1.82) is 0 Å². The van der Waals surface area contributed by atoms with Gasteiger partial charge >= 0.3 is 0 Å². The third-order valence-corrected chi connectivity index (χ3v) is 5.78. The predicted molar refractivity (Wildman–Crippen MR) is 128 cm³/mol. The average molecular weight is 441 g/mol. The first-order valence-corrected chi connectivity index (χ1v) is 11.8. The van der Waals surface area contributed by atoms with Crippen molar-refractivity contribution in [3.8, 4) is 0 Å². The van der Waals surface area contributed by atoms with E-state index in [1.807, 2.05) is 17.0 Å². The molecule has 0 spiro atoms. The molecule has 1 aromatic carbocycles. The Balaban J connectivity index is 1.73. The number of nitrogens with two attached hydrogens (primary N) is 1. The molecule has 0 unspecified atom stereocenters. The molecular formula is C25H36N4O3. The highest BCUT2D eigenvalue weighted by Crippen LogP contribution is 2.29. The van der Waals surface area contributed by atoms with Gasteiger partial charge in [-0.15, -0.1) is 0 Å². The summed E-state index contributed by atoms with van der Waals surface area (Å²) < 4.78 is 5.77. The number of aliphatic imine (C=N–C) groups is 1. The number of carbonyl (C=O) groups is 2. The van der Waals surface area contributed by atoms with Crippen LogP contribution in [0.3, 0.4) is 0 Å². The molecule has 2 amide bonds. The highest BCUT2D eigenvalue weighted by molar-refractivity contribution is 6.06. The second kappa shape index (κ2) is 11.3. The smallest absolute Gasteiger partial charge is 0.254 e. The maximum absolute atomic E-state index is 13.1. The Bertz CT molecular complexity index is 881. The summed E-state index contributed by atoms with van der Waals surface area (Å²) in [4.78, 5) is 34.2. The quantitative estimate of drug-likeness (QED) is 0.561. The summed E-state index contributed by atoms with van der Waals surface area (Å²) >= 11 is 0. The fraction of sp³-hybridized carbons (Fsp3) is 0.560. The second-order valence-corrected chi connectivity index (χ2v) is 8.57. The van der Waals surface area contributed by atoms with E-state index in [4.69, 9.17) is 10.5 Å². The van der Waals surface area contributed by atoms with Gasteiger partial charge in [-0.2, -0.15) is 0 Å². The van der Waals surface area contributed by atoms with E-state index in [2.05, 4.69) is 25.8 Å². The minimum atomic E-state index is -0.0292. The van der Waals surface area contributed by atoms with Crippen LogP contribution in [0.2, 0.25) is 0 Å². The fourth-order valence-electron chi connectivity index (χ4n) is 4.01. The van der Waals surface area contributed by atoms with Gasteiger partial charge in [-0.05, 0) is 37.5 Å². The molecule has 2 aliphatic heterocycles. The minimum Gasteiger partial charge on any atom is -0.387 e. The van der Waals surface area contributed by atoms with Gasteiger partial charge in [0, 0.05) is 55.9 Å². The number of fused-ring (bicyclic) bond motifs is 1. The Morgan fingerprint density at radius 3 is 2.53 bits per heavy atom. The first-order valence-electron chi connectivity index (χ1n) is 11.8. The lowest BCUT2D eigenvalue weighted by atomic mass is 10.0. The van der Waals surface area contributed by atoms with E-state index in [1.165, 1.54) is 0 Å². The van der Waals surface area contributed by atoms with E-state index < -0.39 is 0 Å². The molecule has 2 aliphatic rings. The van der Waals surface area contributed by atoms with Crippen molar-refractivity contribution in [2.24, 2.45) is 10.7 Å². The van der Waals surface area contributed by atoms with Crippen LogP contribution in [0, 0.1) is 0 Å². The number of ether oxygens (including phenoxy) is 1. The zero-order valence-corrected chi connectivity index (χ0v) is 19.6. The molecule has 0 bridgehead atoms. The summed E-state index contributed by atoms with van der Waals surface area (Å²) in [7, 11) is 0. The van der Waals surface area contributed by atoms with Gasteiger partial charge in [0.1, 0.15) is 5.84 Å². The van der Waals surface area contributed by atoms with Gasteiger partial charge in [0.2, 0.25) is 5.91 Å². The van der Waals surface area contributed by atoms with E-state index in [-0.39, 0.29) is 17.9 Å². The number of benzene rings is 1. The molecule has 7 heteroatoms. The molecule has 174 valence electrons. The lowest BCUT2D eigenvalue weighted by Crippen LogP contribution is -2.54. The summed E-state index contributed by atoms with van der Waals surface area (Å²) in [6.45, 7) is 9.70. The van der Waals surface area contributed by atoms with Crippen molar-refractivity contribution in [2.45, 2.75) is 59.0 Å². The van der Waals surface area contributed by atoms with Crippen LogP contribution in [-0.4, -0.2) is 66.3 Å². The number of hydrogen-bond donors (Lipinski definition) is 1. The van der Waals surface area contributed by atoms with Crippen molar-refractivity contribution in [3.05, 3.63) is 34.9 Å². The maximum atomic E-state index is 13.1. The Kier molecular flexibility index (Phi) is 8.45. The van der Waals surface area contributed by atoms with Crippen LogP contribution in [0.4, 0.5) is 5.69 Å². The molecule has 1 saturated heterocycles. The van der Waals surface area contributed by atoms with Crippen LogP contribution in [-0.2, 0) is 9.53 Å². The molecule has 0 radical (unpaired) electrons. The molecule has 1 fully saturated rings. The van der Waals surface area contributed by atoms with Crippen LogP contribution in [0.15, 0.2) is 28.8 Å². The zero-order valence-electron chi connectivity index (χ0n) is 19.6. The number of rotatable bonds is 10. The van der Waals surface area contributed by atoms with Crippen LogP contribution in [0.25, 0.3) is 6.08 Å². The summed E-state index contributed by atoms with van der Waals surface area (Å²) in [5.41, 5.74) is 8.81. The number of likely N-dealkylation sites (tertiary alicyclic amines) is 1. The lowest BCUT2D eigenvalue weighted by Gasteiger charge is -2.39. The van der Waals surface area contributed by atoms with Crippen LogP contribution < -0.4 is 5.73 Å². The Morgan fingerprint density at radius 1 is 1.16 bits per heavy atom. The third-order valence-electron chi connectivity index (χ3n) is 5.78. The number of unbranched alkanes of at least 4 members (excludes halogenated alkanes) is 1. The third kappa shape index (κ3) is 5.76. The molecular weight excluding hydrogens is 404 g/mol. The van der Waals surface area contributed by atoms with Gasteiger partial charge < -0.3 is 20.3 Å². The molecule has 2 N–H and O–H groups in total. The van der Waals surface area contributed by atoms with Crippen molar-refractivity contribution < 1.29 is 14.3 Å². The molecule has 0 aliphatic carbocycles. The van der Waals surface area contributed by atoms with Crippen molar-refractivity contribution >= 4 is 29.4 Å². The van der Waals surface area contributed by atoms with Gasteiger partial charge in [-0.25, -0.2) is 4.99 Å². The summed E-state index contributed by atoms with van der Waals surface area (Å²) in [6.07, 6.45) is 6.27. The summed E-state index contributed by atoms with van der Waals surface area (Å²) in [6, 6.07) is 5.43. The van der Waals surface area contributed by atoms with E-state index in [9.17, 15) is 9.59 Å². The normalized spacial score (nSPS) is 15.9.